The van der Waals surface area contributed by atoms with Gasteiger partial charge in [0, 0.05) is 7.05 Å². The Hall–Kier alpha value is -1.36. The Bertz CT molecular complexity index is 361. The lowest BCUT2D eigenvalue weighted by molar-refractivity contribution is 0.742. The van der Waals surface area contributed by atoms with Gasteiger partial charge >= 0.3 is 0 Å². The molecule has 76 valence electrons. The molecule has 0 radical (unpaired) electrons. The van der Waals surface area contributed by atoms with Crippen LogP contribution in [-0.4, -0.2) is 21.7 Å². The zero-order valence-corrected chi connectivity index (χ0v) is 8.49. The van der Waals surface area contributed by atoms with Crippen molar-refractivity contribution in [3.05, 3.63) is 17.5 Å². The molecule has 0 atom stereocenters. The summed E-state index contributed by atoms with van der Waals surface area (Å²) in [6, 6.07) is 2.43. The minimum Gasteiger partial charge on any atom is -0.307 e. The van der Waals surface area contributed by atoms with Crippen molar-refractivity contribution in [3.8, 4) is 0 Å². The van der Waals surface area contributed by atoms with Crippen molar-refractivity contribution in [1.29, 1.82) is 0 Å². The molecule has 0 amide bonds. The summed E-state index contributed by atoms with van der Waals surface area (Å²) >= 11 is 0. The van der Waals surface area contributed by atoms with Crippen LogP contribution < -0.4 is 11.3 Å². The minimum atomic E-state index is 0.455. The lowest BCUT2D eigenvalue weighted by atomic mass is 10.3. The molecule has 0 unspecified atom stereocenters. The number of aryl methyl sites for hydroxylation is 2. The van der Waals surface area contributed by atoms with Crippen molar-refractivity contribution in [3.63, 3.8) is 0 Å². The SMILES string of the molecule is Cc1cc(C(=NC2CC2)NN)n(C)n1. The first kappa shape index (κ1) is 9.21. The van der Waals surface area contributed by atoms with Crippen LogP contribution in [0, 0.1) is 6.92 Å². The topological polar surface area (TPSA) is 68.2 Å². The van der Waals surface area contributed by atoms with Crippen molar-refractivity contribution < 1.29 is 0 Å². The van der Waals surface area contributed by atoms with E-state index in [0.717, 1.165) is 17.2 Å². The summed E-state index contributed by atoms with van der Waals surface area (Å²) < 4.78 is 1.79. The van der Waals surface area contributed by atoms with Gasteiger partial charge in [0.15, 0.2) is 5.84 Å². The number of hydrazine groups is 1. The Morgan fingerprint density at radius 2 is 2.43 bits per heavy atom. The van der Waals surface area contributed by atoms with Gasteiger partial charge in [-0.1, -0.05) is 0 Å². The molecule has 1 aromatic rings. The van der Waals surface area contributed by atoms with Gasteiger partial charge in [-0.25, -0.2) is 5.84 Å². The molecular formula is C9H15N5. The van der Waals surface area contributed by atoms with Gasteiger partial charge in [-0.15, -0.1) is 0 Å². The number of amidine groups is 1. The highest BCUT2D eigenvalue weighted by Gasteiger charge is 2.22. The second-order valence-corrected chi connectivity index (χ2v) is 3.65. The fourth-order valence-corrected chi connectivity index (χ4v) is 1.40. The van der Waals surface area contributed by atoms with Crippen LogP contribution in [0.2, 0.25) is 0 Å². The van der Waals surface area contributed by atoms with E-state index in [4.69, 9.17) is 5.84 Å². The van der Waals surface area contributed by atoms with E-state index in [0.29, 0.717) is 6.04 Å². The molecule has 5 heteroatoms. The first-order valence-corrected chi connectivity index (χ1v) is 4.76. The Morgan fingerprint density at radius 1 is 1.71 bits per heavy atom. The van der Waals surface area contributed by atoms with Crippen molar-refractivity contribution in [1.82, 2.24) is 15.2 Å². The molecule has 0 saturated heterocycles. The molecule has 0 aliphatic heterocycles. The molecule has 0 bridgehead atoms. The van der Waals surface area contributed by atoms with Crippen molar-refractivity contribution in [2.24, 2.45) is 17.9 Å². The number of nitrogens with zero attached hydrogens (tertiary/aromatic N) is 3. The predicted octanol–water partition coefficient (Wildman–Crippen LogP) is 0.101. The third kappa shape index (κ3) is 1.77. The number of aliphatic imine (C=N–C) groups is 1. The first-order valence-electron chi connectivity index (χ1n) is 4.76. The van der Waals surface area contributed by atoms with Gasteiger partial charge in [-0.05, 0) is 25.8 Å². The van der Waals surface area contributed by atoms with Gasteiger partial charge in [0.1, 0.15) is 5.69 Å². The zero-order valence-electron chi connectivity index (χ0n) is 8.49. The van der Waals surface area contributed by atoms with E-state index in [1.165, 1.54) is 12.8 Å². The molecule has 1 aromatic heterocycles. The molecule has 1 aliphatic carbocycles. The minimum absolute atomic E-state index is 0.455. The van der Waals surface area contributed by atoms with E-state index in [1.807, 2.05) is 20.0 Å². The normalized spacial score (nSPS) is 17.2. The largest absolute Gasteiger partial charge is 0.307 e. The van der Waals surface area contributed by atoms with E-state index < -0.39 is 0 Å². The third-order valence-electron chi connectivity index (χ3n) is 2.24. The van der Waals surface area contributed by atoms with Crippen LogP contribution in [0.15, 0.2) is 11.1 Å². The van der Waals surface area contributed by atoms with Gasteiger partial charge in [0.2, 0.25) is 0 Å². The molecule has 1 fully saturated rings. The summed E-state index contributed by atoms with van der Waals surface area (Å²) in [7, 11) is 1.89. The first-order chi connectivity index (χ1) is 6.70. The highest BCUT2D eigenvalue weighted by molar-refractivity contribution is 5.97. The predicted molar refractivity (Wildman–Crippen MR) is 54.8 cm³/mol. The summed E-state index contributed by atoms with van der Waals surface area (Å²) in [5.74, 6) is 6.17. The number of hydrogen-bond acceptors (Lipinski definition) is 3. The van der Waals surface area contributed by atoms with Crippen LogP contribution in [-0.2, 0) is 7.05 Å². The van der Waals surface area contributed by atoms with Gasteiger partial charge in [0.25, 0.3) is 0 Å². The maximum absolute atomic E-state index is 5.44. The van der Waals surface area contributed by atoms with E-state index in [-0.39, 0.29) is 0 Å². The molecule has 0 spiro atoms. The average Bonchev–Trinajstić information content (AvgIpc) is 2.89. The third-order valence-corrected chi connectivity index (χ3v) is 2.24. The van der Waals surface area contributed by atoms with Gasteiger partial charge in [-0.3, -0.25) is 9.67 Å². The number of hydrogen-bond donors (Lipinski definition) is 2. The maximum atomic E-state index is 5.44. The van der Waals surface area contributed by atoms with Crippen molar-refractivity contribution in [2.45, 2.75) is 25.8 Å². The van der Waals surface area contributed by atoms with Crippen LogP contribution >= 0.6 is 0 Å². The fraction of sp³-hybridized carbons (Fsp3) is 0.556. The quantitative estimate of drug-likeness (QED) is 0.303. The number of aromatic nitrogens is 2. The highest BCUT2D eigenvalue weighted by atomic mass is 15.3. The maximum Gasteiger partial charge on any atom is 0.161 e. The Labute approximate surface area is 83.0 Å². The summed E-state index contributed by atoms with van der Waals surface area (Å²) in [6.07, 6.45) is 2.34. The standard InChI is InChI=1S/C9H15N5/c1-6-5-8(14(2)13-6)9(12-10)11-7-3-4-7/h5,7H,3-4,10H2,1-2H3,(H,11,12). The lowest BCUT2D eigenvalue weighted by Crippen LogP contribution is -2.33. The second kappa shape index (κ2) is 3.42. The molecule has 5 nitrogen and oxygen atoms in total. The summed E-state index contributed by atoms with van der Waals surface area (Å²) in [4.78, 5) is 4.47. The highest BCUT2D eigenvalue weighted by Crippen LogP contribution is 2.24. The monoisotopic (exact) mass is 193 g/mol. The molecule has 0 aromatic carbocycles. The zero-order chi connectivity index (χ0) is 10.1. The summed E-state index contributed by atoms with van der Waals surface area (Å²) in [5, 5.41) is 4.25. The molecule has 3 N–H and O–H groups in total. The Kier molecular flexibility index (Phi) is 2.25. The van der Waals surface area contributed by atoms with Crippen LogP contribution in [0.4, 0.5) is 0 Å². The number of rotatable bonds is 2. The number of nitrogens with two attached hydrogens (primary N) is 1. The smallest absolute Gasteiger partial charge is 0.161 e. The Morgan fingerprint density at radius 3 is 2.86 bits per heavy atom. The van der Waals surface area contributed by atoms with Gasteiger partial charge < -0.3 is 5.43 Å². The molecular weight excluding hydrogens is 178 g/mol. The summed E-state index contributed by atoms with van der Waals surface area (Å²) in [5.41, 5.74) is 4.55. The molecule has 1 heterocycles. The number of nitrogens with one attached hydrogen (secondary N) is 1. The van der Waals surface area contributed by atoms with Crippen molar-refractivity contribution in [2.75, 3.05) is 0 Å². The van der Waals surface area contributed by atoms with Crippen LogP contribution in [0.5, 0.6) is 0 Å². The second-order valence-electron chi connectivity index (χ2n) is 3.65. The van der Waals surface area contributed by atoms with E-state index >= 15 is 0 Å². The van der Waals surface area contributed by atoms with E-state index in [2.05, 4.69) is 15.5 Å². The van der Waals surface area contributed by atoms with Gasteiger partial charge in [-0.2, -0.15) is 5.10 Å². The Balaban J connectivity index is 2.30. The molecule has 1 saturated carbocycles. The van der Waals surface area contributed by atoms with Gasteiger partial charge in [0.05, 0.1) is 11.7 Å². The molecule has 1 aliphatic rings. The molecule has 2 rings (SSSR count). The van der Waals surface area contributed by atoms with E-state index in [9.17, 15) is 0 Å². The van der Waals surface area contributed by atoms with Crippen LogP contribution in [0.25, 0.3) is 0 Å². The summed E-state index contributed by atoms with van der Waals surface area (Å²) in [6.45, 7) is 1.95. The van der Waals surface area contributed by atoms with E-state index in [1.54, 1.807) is 4.68 Å². The lowest BCUT2D eigenvalue weighted by Gasteiger charge is -2.04. The van der Waals surface area contributed by atoms with Crippen LogP contribution in [0.3, 0.4) is 0 Å². The van der Waals surface area contributed by atoms with Crippen LogP contribution in [0.1, 0.15) is 24.2 Å². The fourth-order valence-electron chi connectivity index (χ4n) is 1.40. The molecule has 14 heavy (non-hydrogen) atoms. The average molecular weight is 193 g/mol. The van der Waals surface area contributed by atoms with Crippen molar-refractivity contribution >= 4 is 5.84 Å².